The number of ketones is 1. The lowest BCUT2D eigenvalue weighted by Crippen LogP contribution is -2.35. The van der Waals surface area contributed by atoms with Gasteiger partial charge in [0.25, 0.3) is 0 Å². The first-order valence-corrected chi connectivity index (χ1v) is 11.6. The van der Waals surface area contributed by atoms with E-state index in [0.717, 1.165) is 47.5 Å². The third kappa shape index (κ3) is 4.25. The van der Waals surface area contributed by atoms with E-state index in [1.807, 2.05) is 35.2 Å². The van der Waals surface area contributed by atoms with Crippen molar-refractivity contribution in [3.05, 3.63) is 76.5 Å². The molecule has 2 aromatic carbocycles. The molecule has 7 nitrogen and oxygen atoms in total. The molecule has 3 heterocycles. The van der Waals surface area contributed by atoms with Crippen molar-refractivity contribution in [2.45, 2.75) is 38.8 Å². The Bertz CT molecular complexity index is 1300. The van der Waals surface area contributed by atoms with E-state index in [2.05, 4.69) is 10.8 Å². The van der Waals surface area contributed by atoms with Crippen molar-refractivity contribution in [1.29, 1.82) is 5.26 Å². The van der Waals surface area contributed by atoms with Gasteiger partial charge in [0, 0.05) is 61.8 Å². The SMILES string of the molecule is CC(=O)N1CCc2c(c(-c3cccc(C(=O)Cc4cccc(C#N)c4)c3)nn2C2CCOC2)C1. The van der Waals surface area contributed by atoms with Crippen molar-refractivity contribution in [2.24, 2.45) is 0 Å². The summed E-state index contributed by atoms with van der Waals surface area (Å²) in [4.78, 5) is 27.0. The molecule has 1 amide bonds. The third-order valence-corrected chi connectivity index (χ3v) is 6.66. The van der Waals surface area contributed by atoms with Gasteiger partial charge in [0.05, 0.1) is 30.0 Å². The molecule has 1 aromatic heterocycles. The van der Waals surface area contributed by atoms with Crippen molar-refractivity contribution in [3.63, 3.8) is 0 Å². The second kappa shape index (κ2) is 9.24. The summed E-state index contributed by atoms with van der Waals surface area (Å²) in [6.45, 7) is 4.17. The highest BCUT2D eigenvalue weighted by Gasteiger charge is 2.30. The van der Waals surface area contributed by atoms with Crippen LogP contribution in [0.1, 0.15) is 52.1 Å². The van der Waals surface area contributed by atoms with Crippen LogP contribution in [0.25, 0.3) is 11.3 Å². The molecule has 2 aliphatic heterocycles. The van der Waals surface area contributed by atoms with Crippen LogP contribution in [0.5, 0.6) is 0 Å². The summed E-state index contributed by atoms with van der Waals surface area (Å²) < 4.78 is 7.70. The van der Waals surface area contributed by atoms with Gasteiger partial charge in [0.2, 0.25) is 5.91 Å². The predicted octanol–water partition coefficient (Wildman–Crippen LogP) is 3.71. The Kier molecular flexibility index (Phi) is 5.99. The van der Waals surface area contributed by atoms with E-state index < -0.39 is 0 Å². The molecule has 2 aliphatic rings. The van der Waals surface area contributed by atoms with E-state index in [9.17, 15) is 9.59 Å². The van der Waals surface area contributed by atoms with Crippen LogP contribution in [0.3, 0.4) is 0 Å². The molecule has 0 N–H and O–H groups in total. The highest BCUT2D eigenvalue weighted by atomic mass is 16.5. The minimum Gasteiger partial charge on any atom is -0.379 e. The average molecular weight is 455 g/mol. The van der Waals surface area contributed by atoms with E-state index in [-0.39, 0.29) is 24.2 Å². The maximum absolute atomic E-state index is 13.1. The van der Waals surface area contributed by atoms with Crippen molar-refractivity contribution < 1.29 is 14.3 Å². The number of rotatable bonds is 5. The molecule has 0 radical (unpaired) electrons. The van der Waals surface area contributed by atoms with E-state index in [1.54, 1.807) is 25.1 Å². The molecule has 34 heavy (non-hydrogen) atoms. The smallest absolute Gasteiger partial charge is 0.219 e. The number of ether oxygens (including phenoxy) is 1. The number of amides is 1. The number of carbonyl (C=O) groups excluding carboxylic acids is 2. The molecular weight excluding hydrogens is 428 g/mol. The lowest BCUT2D eigenvalue weighted by atomic mass is 9.96. The molecule has 1 atom stereocenters. The van der Waals surface area contributed by atoms with Gasteiger partial charge in [0.15, 0.2) is 5.78 Å². The molecule has 0 aliphatic carbocycles. The first kappa shape index (κ1) is 22.1. The lowest BCUT2D eigenvalue weighted by molar-refractivity contribution is -0.129. The highest BCUT2D eigenvalue weighted by molar-refractivity contribution is 5.98. The monoisotopic (exact) mass is 454 g/mol. The summed E-state index contributed by atoms with van der Waals surface area (Å²) in [6.07, 6.45) is 1.90. The van der Waals surface area contributed by atoms with Crippen LogP contribution in [-0.4, -0.2) is 46.1 Å². The molecule has 1 saturated heterocycles. The Hall–Kier alpha value is -3.76. The van der Waals surface area contributed by atoms with Crippen LogP contribution in [0.4, 0.5) is 0 Å². The zero-order valence-electron chi connectivity index (χ0n) is 19.2. The van der Waals surface area contributed by atoms with Gasteiger partial charge < -0.3 is 9.64 Å². The van der Waals surface area contributed by atoms with Gasteiger partial charge in [-0.1, -0.05) is 30.3 Å². The summed E-state index contributed by atoms with van der Waals surface area (Å²) in [6, 6.07) is 17.0. The number of Topliss-reactive ketones (excluding diaryl/α,β-unsaturated/α-hetero) is 1. The minimum atomic E-state index is -0.0141. The second-order valence-corrected chi connectivity index (χ2v) is 8.92. The fourth-order valence-corrected chi connectivity index (χ4v) is 4.84. The number of benzene rings is 2. The van der Waals surface area contributed by atoms with Gasteiger partial charge in [-0.05, 0) is 30.2 Å². The second-order valence-electron chi connectivity index (χ2n) is 8.92. The molecule has 3 aromatic rings. The summed E-state index contributed by atoms with van der Waals surface area (Å²) in [5, 5.41) is 14.1. The Balaban J connectivity index is 1.49. The zero-order chi connectivity index (χ0) is 23.7. The Morgan fingerprint density at radius 2 is 2.06 bits per heavy atom. The zero-order valence-corrected chi connectivity index (χ0v) is 19.2. The molecule has 0 saturated carbocycles. The van der Waals surface area contributed by atoms with Crippen LogP contribution in [-0.2, 0) is 28.9 Å². The fourth-order valence-electron chi connectivity index (χ4n) is 4.84. The van der Waals surface area contributed by atoms with Gasteiger partial charge in [-0.25, -0.2) is 0 Å². The van der Waals surface area contributed by atoms with Crippen LogP contribution >= 0.6 is 0 Å². The number of nitriles is 1. The first-order valence-electron chi connectivity index (χ1n) is 11.6. The van der Waals surface area contributed by atoms with Gasteiger partial charge in [-0.15, -0.1) is 0 Å². The van der Waals surface area contributed by atoms with E-state index in [0.29, 0.717) is 30.8 Å². The Labute approximate surface area is 198 Å². The first-order chi connectivity index (χ1) is 16.5. The van der Waals surface area contributed by atoms with E-state index in [1.165, 1.54) is 0 Å². The number of fused-ring (bicyclic) bond motifs is 1. The van der Waals surface area contributed by atoms with Crippen molar-refractivity contribution in [1.82, 2.24) is 14.7 Å². The van der Waals surface area contributed by atoms with Gasteiger partial charge in [-0.3, -0.25) is 14.3 Å². The number of hydrogen-bond acceptors (Lipinski definition) is 5. The van der Waals surface area contributed by atoms with E-state index in [4.69, 9.17) is 15.1 Å². The van der Waals surface area contributed by atoms with Gasteiger partial charge >= 0.3 is 0 Å². The fraction of sp³-hybridized carbons (Fsp3) is 0.333. The minimum absolute atomic E-state index is 0.0141. The Morgan fingerprint density at radius 1 is 1.21 bits per heavy atom. The molecular formula is C27H26N4O3. The molecule has 0 bridgehead atoms. The number of hydrogen-bond donors (Lipinski definition) is 0. The van der Waals surface area contributed by atoms with Crippen LogP contribution in [0, 0.1) is 11.3 Å². The molecule has 0 spiro atoms. The summed E-state index contributed by atoms with van der Waals surface area (Å²) >= 11 is 0. The maximum Gasteiger partial charge on any atom is 0.219 e. The molecule has 5 rings (SSSR count). The van der Waals surface area contributed by atoms with E-state index >= 15 is 0 Å². The Morgan fingerprint density at radius 3 is 2.82 bits per heavy atom. The molecule has 172 valence electrons. The average Bonchev–Trinajstić information content (AvgIpc) is 3.52. The normalized spacial score (nSPS) is 17.3. The largest absolute Gasteiger partial charge is 0.379 e. The van der Waals surface area contributed by atoms with Crippen LogP contribution < -0.4 is 0 Å². The number of aromatic nitrogens is 2. The predicted molar refractivity (Wildman–Crippen MR) is 126 cm³/mol. The molecule has 1 unspecified atom stereocenters. The highest BCUT2D eigenvalue weighted by Crippen LogP contribution is 2.34. The van der Waals surface area contributed by atoms with Crippen molar-refractivity contribution in [2.75, 3.05) is 19.8 Å². The van der Waals surface area contributed by atoms with Gasteiger partial charge in [0.1, 0.15) is 0 Å². The summed E-state index contributed by atoms with van der Waals surface area (Å²) in [5.41, 5.74) is 5.88. The van der Waals surface area contributed by atoms with Crippen molar-refractivity contribution in [3.8, 4) is 17.3 Å². The van der Waals surface area contributed by atoms with Crippen LogP contribution in [0.15, 0.2) is 48.5 Å². The topological polar surface area (TPSA) is 88.2 Å². The maximum atomic E-state index is 13.1. The van der Waals surface area contributed by atoms with Crippen LogP contribution in [0.2, 0.25) is 0 Å². The number of nitrogens with zero attached hydrogens (tertiary/aromatic N) is 4. The summed E-state index contributed by atoms with van der Waals surface area (Å²) in [7, 11) is 0. The lowest BCUT2D eigenvalue weighted by Gasteiger charge is -2.27. The van der Waals surface area contributed by atoms with Crippen molar-refractivity contribution >= 4 is 11.7 Å². The quantitative estimate of drug-likeness (QED) is 0.549. The standard InChI is InChI=1S/C27H26N4O3/c1-18(32)30-10-8-25-24(16-30)27(29-31(25)23-9-11-34-17-23)22-7-3-6-21(14-22)26(33)13-19-4-2-5-20(12-19)15-28/h2-7,12,14,23H,8-11,13,16-17H2,1H3. The summed E-state index contributed by atoms with van der Waals surface area (Å²) in [5.74, 6) is 0.0388. The third-order valence-electron chi connectivity index (χ3n) is 6.66. The molecule has 1 fully saturated rings. The van der Waals surface area contributed by atoms with Gasteiger partial charge in [-0.2, -0.15) is 10.4 Å². The number of carbonyl (C=O) groups is 2. The molecule has 7 heteroatoms.